The zero-order chi connectivity index (χ0) is 17.4. The Hall–Kier alpha value is -1.53. The summed E-state index contributed by atoms with van der Waals surface area (Å²) in [5.74, 6) is 2.04. The van der Waals surface area contributed by atoms with Gasteiger partial charge in [0.1, 0.15) is 11.9 Å². The molecule has 24 heavy (non-hydrogen) atoms. The van der Waals surface area contributed by atoms with Gasteiger partial charge in [0.15, 0.2) is 5.96 Å². The minimum atomic E-state index is -0.705. The molecule has 0 radical (unpaired) electrons. The Morgan fingerprint density at radius 3 is 2.75 bits per heavy atom. The normalized spacial score (nSPS) is 18.8. The van der Waals surface area contributed by atoms with Gasteiger partial charge in [0.25, 0.3) is 0 Å². The zero-order valence-corrected chi connectivity index (χ0v) is 15.2. The van der Waals surface area contributed by atoms with Crippen molar-refractivity contribution in [2.75, 3.05) is 32.7 Å². The molecule has 136 valence electrons. The van der Waals surface area contributed by atoms with E-state index in [4.69, 9.17) is 4.42 Å². The van der Waals surface area contributed by atoms with Crippen LogP contribution in [0.1, 0.15) is 45.5 Å². The Morgan fingerprint density at radius 2 is 2.17 bits per heavy atom. The number of furan rings is 1. The quantitative estimate of drug-likeness (QED) is 0.525. The van der Waals surface area contributed by atoms with Gasteiger partial charge in [-0.2, -0.15) is 0 Å². The van der Waals surface area contributed by atoms with Gasteiger partial charge in [0, 0.05) is 32.2 Å². The first-order chi connectivity index (χ1) is 11.6. The second-order valence-corrected chi connectivity index (χ2v) is 6.86. The van der Waals surface area contributed by atoms with E-state index in [2.05, 4.69) is 34.4 Å². The van der Waals surface area contributed by atoms with Crippen LogP contribution in [-0.4, -0.2) is 54.7 Å². The van der Waals surface area contributed by atoms with Gasteiger partial charge in [-0.05, 0) is 37.8 Å². The lowest BCUT2D eigenvalue weighted by Crippen LogP contribution is -2.49. The lowest BCUT2D eigenvalue weighted by molar-refractivity contribution is 0.158. The molecule has 0 spiro atoms. The van der Waals surface area contributed by atoms with Crippen molar-refractivity contribution >= 4 is 5.96 Å². The number of hydrogen-bond acceptors (Lipinski definition) is 4. The van der Waals surface area contributed by atoms with Crippen LogP contribution >= 0.6 is 0 Å². The molecule has 1 unspecified atom stereocenters. The topological polar surface area (TPSA) is 73.0 Å². The van der Waals surface area contributed by atoms with E-state index in [-0.39, 0.29) is 6.54 Å². The van der Waals surface area contributed by atoms with E-state index in [0.717, 1.165) is 44.4 Å². The summed E-state index contributed by atoms with van der Waals surface area (Å²) in [5.41, 5.74) is 0. The molecular formula is C18H32N4O2. The summed E-state index contributed by atoms with van der Waals surface area (Å²) in [5, 5.41) is 16.8. The first-order valence-corrected chi connectivity index (χ1v) is 9.07. The zero-order valence-electron chi connectivity index (χ0n) is 15.2. The molecular weight excluding hydrogens is 304 g/mol. The van der Waals surface area contributed by atoms with Crippen LogP contribution in [-0.2, 0) is 0 Å². The third-order valence-corrected chi connectivity index (χ3v) is 4.19. The Balaban J connectivity index is 1.81. The monoisotopic (exact) mass is 336 g/mol. The SMILES string of the molecule is CCNC(=NCC(O)c1ccco1)NC1CCN(CC(C)C)CC1. The van der Waals surface area contributed by atoms with Crippen molar-refractivity contribution in [3.63, 3.8) is 0 Å². The number of nitrogens with one attached hydrogen (secondary N) is 2. The van der Waals surface area contributed by atoms with Crippen molar-refractivity contribution in [3.8, 4) is 0 Å². The number of likely N-dealkylation sites (tertiary alicyclic amines) is 1. The molecule has 3 N–H and O–H groups in total. The summed E-state index contributed by atoms with van der Waals surface area (Å²) < 4.78 is 5.22. The van der Waals surface area contributed by atoms with Crippen molar-refractivity contribution in [1.29, 1.82) is 0 Å². The molecule has 2 rings (SSSR count). The van der Waals surface area contributed by atoms with Gasteiger partial charge in [-0.15, -0.1) is 0 Å². The van der Waals surface area contributed by atoms with Crippen LogP contribution in [0.5, 0.6) is 0 Å². The van der Waals surface area contributed by atoms with Crippen molar-refractivity contribution < 1.29 is 9.52 Å². The minimum Gasteiger partial charge on any atom is -0.467 e. The summed E-state index contributed by atoms with van der Waals surface area (Å²) in [6, 6.07) is 3.98. The lowest BCUT2D eigenvalue weighted by Gasteiger charge is -2.34. The highest BCUT2D eigenvalue weighted by Gasteiger charge is 2.20. The van der Waals surface area contributed by atoms with Crippen LogP contribution in [0.2, 0.25) is 0 Å². The first kappa shape index (κ1) is 18.8. The van der Waals surface area contributed by atoms with Crippen LogP contribution in [0, 0.1) is 5.92 Å². The maximum atomic E-state index is 10.1. The van der Waals surface area contributed by atoms with Crippen LogP contribution in [0.3, 0.4) is 0 Å². The van der Waals surface area contributed by atoms with Gasteiger partial charge in [-0.25, -0.2) is 0 Å². The highest BCUT2D eigenvalue weighted by Crippen LogP contribution is 2.14. The van der Waals surface area contributed by atoms with Gasteiger partial charge in [0.05, 0.1) is 12.8 Å². The molecule has 1 aliphatic heterocycles. The summed E-state index contributed by atoms with van der Waals surface area (Å²) in [6.45, 7) is 11.1. The van der Waals surface area contributed by atoms with E-state index < -0.39 is 6.10 Å². The average Bonchev–Trinajstić information content (AvgIpc) is 3.08. The van der Waals surface area contributed by atoms with E-state index in [1.54, 1.807) is 18.4 Å². The molecule has 1 fully saturated rings. The van der Waals surface area contributed by atoms with Gasteiger partial charge < -0.3 is 25.1 Å². The fourth-order valence-electron chi connectivity index (χ4n) is 3.04. The Kier molecular flexibility index (Phi) is 7.59. The van der Waals surface area contributed by atoms with Gasteiger partial charge in [0.2, 0.25) is 0 Å². The molecule has 0 bridgehead atoms. The third kappa shape index (κ3) is 6.17. The Labute approximate surface area is 145 Å². The standard InChI is InChI=1S/C18H32N4O2/c1-4-19-18(20-12-16(23)17-6-5-11-24-17)21-15-7-9-22(10-8-15)13-14(2)3/h5-6,11,14-16,23H,4,7-10,12-13H2,1-3H3,(H2,19,20,21). The number of nitrogens with zero attached hydrogens (tertiary/aromatic N) is 2. The van der Waals surface area contributed by atoms with E-state index in [1.807, 2.05) is 6.92 Å². The number of guanidine groups is 1. The van der Waals surface area contributed by atoms with Gasteiger partial charge >= 0.3 is 0 Å². The van der Waals surface area contributed by atoms with Crippen molar-refractivity contribution in [2.45, 2.75) is 45.8 Å². The second-order valence-electron chi connectivity index (χ2n) is 6.86. The first-order valence-electron chi connectivity index (χ1n) is 9.07. The summed E-state index contributed by atoms with van der Waals surface area (Å²) in [7, 11) is 0. The largest absolute Gasteiger partial charge is 0.467 e. The number of rotatable bonds is 7. The van der Waals surface area contributed by atoms with Crippen LogP contribution in [0.4, 0.5) is 0 Å². The maximum Gasteiger partial charge on any atom is 0.191 e. The summed E-state index contributed by atoms with van der Waals surface area (Å²) in [4.78, 5) is 7.04. The van der Waals surface area contributed by atoms with Crippen molar-refractivity contribution in [1.82, 2.24) is 15.5 Å². The van der Waals surface area contributed by atoms with Gasteiger partial charge in [-0.1, -0.05) is 13.8 Å². The molecule has 0 aliphatic carbocycles. The molecule has 0 saturated carbocycles. The average molecular weight is 336 g/mol. The third-order valence-electron chi connectivity index (χ3n) is 4.19. The molecule has 0 aromatic carbocycles. The second kappa shape index (κ2) is 9.69. The molecule has 2 heterocycles. The van der Waals surface area contributed by atoms with Gasteiger partial charge in [-0.3, -0.25) is 4.99 Å². The lowest BCUT2D eigenvalue weighted by atomic mass is 10.0. The molecule has 1 aliphatic rings. The molecule has 6 heteroatoms. The Bertz CT molecular complexity index is 479. The van der Waals surface area contributed by atoms with Crippen LogP contribution in [0.15, 0.2) is 27.8 Å². The fourth-order valence-corrected chi connectivity index (χ4v) is 3.04. The van der Waals surface area contributed by atoms with Crippen LogP contribution < -0.4 is 10.6 Å². The predicted molar refractivity (Wildman–Crippen MR) is 97.1 cm³/mol. The van der Waals surface area contributed by atoms with E-state index in [9.17, 15) is 5.11 Å². The van der Waals surface area contributed by atoms with Crippen LogP contribution in [0.25, 0.3) is 0 Å². The predicted octanol–water partition coefficient (Wildman–Crippen LogP) is 1.99. The van der Waals surface area contributed by atoms with E-state index in [0.29, 0.717) is 11.8 Å². The summed E-state index contributed by atoms with van der Waals surface area (Å²) >= 11 is 0. The molecule has 1 atom stereocenters. The number of aliphatic imine (C=N–C) groups is 1. The maximum absolute atomic E-state index is 10.1. The number of aliphatic hydroxyl groups is 1. The van der Waals surface area contributed by atoms with E-state index >= 15 is 0 Å². The number of hydrogen-bond donors (Lipinski definition) is 3. The highest BCUT2D eigenvalue weighted by molar-refractivity contribution is 5.80. The van der Waals surface area contributed by atoms with Crippen molar-refractivity contribution in [3.05, 3.63) is 24.2 Å². The molecule has 0 amide bonds. The van der Waals surface area contributed by atoms with E-state index in [1.165, 1.54) is 6.54 Å². The van der Waals surface area contributed by atoms with Crippen molar-refractivity contribution in [2.24, 2.45) is 10.9 Å². The summed E-state index contributed by atoms with van der Waals surface area (Å²) in [6.07, 6.45) is 3.11. The Morgan fingerprint density at radius 1 is 1.42 bits per heavy atom. The number of piperidine rings is 1. The fraction of sp³-hybridized carbons (Fsp3) is 0.722. The smallest absolute Gasteiger partial charge is 0.191 e. The molecule has 1 saturated heterocycles. The minimum absolute atomic E-state index is 0.287. The number of aliphatic hydroxyl groups excluding tert-OH is 1. The molecule has 1 aromatic rings. The molecule has 6 nitrogen and oxygen atoms in total. The molecule has 1 aromatic heterocycles. The highest BCUT2D eigenvalue weighted by atomic mass is 16.4.